The summed E-state index contributed by atoms with van der Waals surface area (Å²) in [5.41, 5.74) is 0. The summed E-state index contributed by atoms with van der Waals surface area (Å²) in [6.07, 6.45) is 14.3. The van der Waals surface area contributed by atoms with E-state index in [9.17, 15) is 0 Å². The van der Waals surface area contributed by atoms with Gasteiger partial charge in [0, 0.05) is 72.0 Å². The number of rotatable bonds is 0. The van der Waals surface area contributed by atoms with E-state index < -0.39 is 0 Å². The van der Waals surface area contributed by atoms with Crippen molar-refractivity contribution in [3.63, 3.8) is 0 Å². The Morgan fingerprint density at radius 2 is 0.591 bits per heavy atom. The predicted octanol–water partition coefficient (Wildman–Crippen LogP) is 10.1. The molecule has 0 spiro atoms. The maximum Gasteiger partial charge on any atom is 0.0513 e. The molecule has 0 N–H and O–H groups in total. The van der Waals surface area contributed by atoms with E-state index in [-0.39, 0.29) is 22.3 Å². The third-order valence-electron chi connectivity index (χ3n) is 8.24. The van der Waals surface area contributed by atoms with E-state index in [1.165, 1.54) is 70.6 Å². The van der Waals surface area contributed by atoms with E-state index in [4.69, 9.17) is 28.4 Å². The molecule has 4 atom stereocenters. The number of hydrogen-bond donors (Lipinski definition) is 0. The first-order valence-corrected chi connectivity index (χ1v) is 17.3. The zero-order valence-corrected chi connectivity index (χ0v) is 28.2. The Labute approximate surface area is 277 Å². The Hall–Kier alpha value is -0.240. The Bertz CT molecular complexity index is 475. The fourth-order valence-electron chi connectivity index (χ4n) is 4.85. The first-order chi connectivity index (χ1) is 19.9. The van der Waals surface area contributed by atoms with Gasteiger partial charge in [-0.2, -0.15) is 0 Å². The van der Waals surface area contributed by atoms with Gasteiger partial charge in [0.05, 0.1) is 13.2 Å². The highest BCUT2D eigenvalue weighted by Crippen LogP contribution is 2.14. The highest BCUT2D eigenvalue weighted by molar-refractivity contribution is 4.58. The van der Waals surface area contributed by atoms with Crippen molar-refractivity contribution in [1.82, 2.24) is 0 Å². The molecule has 0 amide bonds. The van der Waals surface area contributed by atoms with Crippen LogP contribution in [0.3, 0.4) is 0 Å². The molecule has 6 fully saturated rings. The molecule has 6 heterocycles. The van der Waals surface area contributed by atoms with Gasteiger partial charge in [-0.05, 0) is 93.8 Å². The second-order valence-electron chi connectivity index (χ2n) is 13.6. The van der Waals surface area contributed by atoms with Crippen molar-refractivity contribution in [1.29, 1.82) is 0 Å². The summed E-state index contributed by atoms with van der Waals surface area (Å²) in [6, 6.07) is 0. The molecule has 0 radical (unpaired) electrons. The fourth-order valence-corrected chi connectivity index (χ4v) is 4.85. The van der Waals surface area contributed by atoms with Gasteiger partial charge in [-0.1, -0.05) is 70.2 Å². The van der Waals surface area contributed by atoms with E-state index in [0.29, 0.717) is 0 Å². The average molecular weight is 635 g/mol. The minimum atomic E-state index is 0. The lowest BCUT2D eigenvalue weighted by molar-refractivity contribution is -0.0221. The van der Waals surface area contributed by atoms with Gasteiger partial charge >= 0.3 is 0 Å². The van der Waals surface area contributed by atoms with Gasteiger partial charge in [-0.15, -0.1) is 0 Å². The summed E-state index contributed by atoms with van der Waals surface area (Å²) in [7, 11) is 0. The summed E-state index contributed by atoms with van der Waals surface area (Å²) < 4.78 is 30.8. The quantitative estimate of drug-likeness (QED) is 0.264. The van der Waals surface area contributed by atoms with Crippen LogP contribution in [0, 0.1) is 35.5 Å². The Balaban J connectivity index is -0.000000455. The molecule has 44 heavy (non-hydrogen) atoms. The third-order valence-corrected chi connectivity index (χ3v) is 8.24. The fraction of sp³-hybridized carbons (Fsp3) is 1.00. The van der Waals surface area contributed by atoms with Crippen LogP contribution in [0.4, 0.5) is 0 Å². The molecule has 0 aromatic rings. The van der Waals surface area contributed by atoms with Crippen molar-refractivity contribution in [2.24, 2.45) is 35.5 Å². The zero-order chi connectivity index (χ0) is 30.0. The highest BCUT2D eigenvalue weighted by atomic mass is 16.5. The van der Waals surface area contributed by atoms with Crippen molar-refractivity contribution in [3.8, 4) is 0 Å². The van der Waals surface area contributed by atoms with Gasteiger partial charge in [0.25, 0.3) is 0 Å². The average Bonchev–Trinajstić information content (AvgIpc) is 3.15. The molecule has 0 bridgehead atoms. The first-order valence-electron chi connectivity index (χ1n) is 17.3. The van der Waals surface area contributed by atoms with E-state index >= 15 is 0 Å². The molecule has 4 unspecified atom stereocenters. The van der Waals surface area contributed by atoms with Crippen molar-refractivity contribution in [3.05, 3.63) is 0 Å². The lowest BCUT2D eigenvalue weighted by Gasteiger charge is -2.20. The standard InChI is InChI=1S/2C7H14O.2C6H12O.C5H10O.C4H8O.3CH4/c1-7-3-2-5-8-6-4-7;1-7-4-2-3-5-8-6-7;1-6-2-4-7-5-3-6;1-6-3-2-4-7-5-6;1-5-2-3-6-4-5;1-4-2-5-3-4;;;/h2*7H,2-6H2,1H3;2*6H,2-5H2,1H3;5H,2-4H2,1H3;4H,2-3H2,1H3;3*1H4. The van der Waals surface area contributed by atoms with Crippen LogP contribution < -0.4 is 0 Å². The molecule has 270 valence electrons. The van der Waals surface area contributed by atoms with Crippen LogP contribution in [0.25, 0.3) is 0 Å². The van der Waals surface area contributed by atoms with Crippen LogP contribution in [0.2, 0.25) is 0 Å². The lowest BCUT2D eigenvalue weighted by Crippen LogP contribution is -2.23. The smallest absolute Gasteiger partial charge is 0.0513 e. The summed E-state index contributed by atoms with van der Waals surface area (Å²) in [5, 5.41) is 0. The SMILES string of the molecule is C.C.C.CC1CCCCOC1.CC1CCCOC1.CC1CCCOCC1.CC1CCOC1.CC1CCOCC1.CC1COC1. The van der Waals surface area contributed by atoms with Crippen molar-refractivity contribution in [2.75, 3.05) is 79.3 Å². The zero-order valence-electron chi connectivity index (χ0n) is 28.2. The topological polar surface area (TPSA) is 55.4 Å². The molecular weight excluding hydrogens is 552 g/mol. The minimum Gasteiger partial charge on any atom is -0.381 e. The van der Waals surface area contributed by atoms with Crippen LogP contribution in [-0.2, 0) is 28.4 Å². The summed E-state index contributed by atoms with van der Waals surface area (Å²) >= 11 is 0. The third kappa shape index (κ3) is 31.7. The highest BCUT2D eigenvalue weighted by Gasteiger charge is 2.10. The number of ether oxygens (including phenoxy) is 6. The second-order valence-corrected chi connectivity index (χ2v) is 13.6. The Morgan fingerprint density at radius 3 is 0.977 bits per heavy atom. The normalized spacial score (nSPS) is 28.5. The largest absolute Gasteiger partial charge is 0.381 e. The molecule has 6 rings (SSSR count). The van der Waals surface area contributed by atoms with Gasteiger partial charge in [0.15, 0.2) is 0 Å². The molecule has 6 aliphatic heterocycles. The molecule has 6 heteroatoms. The lowest BCUT2D eigenvalue weighted by atomic mass is 10.0. The molecule has 0 saturated carbocycles. The van der Waals surface area contributed by atoms with Crippen LogP contribution in [0.15, 0.2) is 0 Å². The summed E-state index contributed by atoms with van der Waals surface area (Å²) in [6.45, 7) is 25.3. The molecule has 0 aromatic heterocycles. The van der Waals surface area contributed by atoms with Crippen molar-refractivity contribution >= 4 is 0 Å². The maximum atomic E-state index is 5.31. The first kappa shape index (κ1) is 48.2. The Kier molecular flexibility index (Phi) is 37.3. The van der Waals surface area contributed by atoms with Gasteiger partial charge in [0.1, 0.15) is 0 Å². The van der Waals surface area contributed by atoms with E-state index in [0.717, 1.165) is 115 Å². The molecule has 6 saturated heterocycles. The molecule has 6 nitrogen and oxygen atoms in total. The van der Waals surface area contributed by atoms with E-state index in [1.807, 2.05) is 0 Å². The van der Waals surface area contributed by atoms with Crippen LogP contribution >= 0.6 is 0 Å². The maximum absolute atomic E-state index is 5.31. The molecule has 6 aliphatic rings. The monoisotopic (exact) mass is 635 g/mol. The van der Waals surface area contributed by atoms with E-state index in [1.54, 1.807) is 0 Å². The molecule has 0 aromatic carbocycles. The van der Waals surface area contributed by atoms with Gasteiger partial charge in [0.2, 0.25) is 0 Å². The molecular formula is C38H82O6. The molecule has 0 aliphatic carbocycles. The summed E-state index contributed by atoms with van der Waals surface area (Å²) in [5.74, 6) is 5.09. The van der Waals surface area contributed by atoms with E-state index in [2.05, 4.69) is 41.5 Å². The Morgan fingerprint density at radius 1 is 0.273 bits per heavy atom. The van der Waals surface area contributed by atoms with Gasteiger partial charge < -0.3 is 28.4 Å². The predicted molar refractivity (Wildman–Crippen MR) is 191 cm³/mol. The van der Waals surface area contributed by atoms with Crippen molar-refractivity contribution in [2.45, 2.75) is 134 Å². The number of hydrogen-bond acceptors (Lipinski definition) is 6. The minimum absolute atomic E-state index is 0. The van der Waals surface area contributed by atoms with Crippen LogP contribution in [-0.4, -0.2) is 79.3 Å². The van der Waals surface area contributed by atoms with Gasteiger partial charge in [-0.3, -0.25) is 0 Å². The van der Waals surface area contributed by atoms with Crippen LogP contribution in [0.5, 0.6) is 0 Å². The second kappa shape index (κ2) is 34.1. The summed E-state index contributed by atoms with van der Waals surface area (Å²) in [4.78, 5) is 0. The van der Waals surface area contributed by atoms with Crippen molar-refractivity contribution < 1.29 is 28.4 Å². The van der Waals surface area contributed by atoms with Gasteiger partial charge in [-0.25, -0.2) is 0 Å². The van der Waals surface area contributed by atoms with Crippen LogP contribution in [0.1, 0.15) is 134 Å².